The van der Waals surface area contributed by atoms with Crippen LogP contribution < -0.4 is 5.73 Å². The first-order chi connectivity index (χ1) is 14.1. The van der Waals surface area contributed by atoms with E-state index in [-0.39, 0.29) is 5.91 Å². The van der Waals surface area contributed by atoms with Gasteiger partial charge in [0, 0.05) is 53.6 Å². The van der Waals surface area contributed by atoms with Crippen LogP contribution in [0.2, 0.25) is 0 Å². The van der Waals surface area contributed by atoms with Crippen LogP contribution in [0, 0.1) is 0 Å². The first-order valence-electron chi connectivity index (χ1n) is 10.4. The van der Waals surface area contributed by atoms with Crippen molar-refractivity contribution < 1.29 is 4.79 Å². The predicted octanol–water partition coefficient (Wildman–Crippen LogP) is 3.79. The third-order valence-electron chi connectivity index (χ3n) is 6.66. The summed E-state index contributed by atoms with van der Waals surface area (Å²) in [7, 11) is 2.20. The molecule has 0 spiro atoms. The van der Waals surface area contributed by atoms with Gasteiger partial charge in [0.25, 0.3) is 5.91 Å². The highest BCUT2D eigenvalue weighted by molar-refractivity contribution is 6.01. The number of benzene rings is 2. The van der Waals surface area contributed by atoms with Gasteiger partial charge in [0.2, 0.25) is 0 Å². The molecule has 148 valence electrons. The van der Waals surface area contributed by atoms with E-state index in [1.807, 2.05) is 53.4 Å². The van der Waals surface area contributed by atoms with Crippen LogP contribution >= 0.6 is 0 Å². The van der Waals surface area contributed by atoms with E-state index in [2.05, 4.69) is 16.9 Å². The topological polar surface area (TPSA) is 62.5 Å². The number of fused-ring (bicyclic) bond motifs is 3. The van der Waals surface area contributed by atoms with Crippen molar-refractivity contribution in [3.05, 3.63) is 60.3 Å². The van der Waals surface area contributed by atoms with E-state index in [4.69, 9.17) is 5.73 Å². The third-order valence-corrected chi connectivity index (χ3v) is 6.66. The van der Waals surface area contributed by atoms with Crippen molar-refractivity contribution in [3.8, 4) is 11.1 Å². The van der Waals surface area contributed by atoms with Crippen molar-refractivity contribution in [2.45, 2.75) is 31.3 Å². The predicted molar refractivity (Wildman–Crippen MR) is 117 cm³/mol. The SMILES string of the molecule is CN1C2CCC1CN(C(=O)c1cccc(-c3cccc4c(N)ccnc34)c1)CC2. The first kappa shape index (κ1) is 18.1. The van der Waals surface area contributed by atoms with Crippen LogP contribution in [0.4, 0.5) is 5.69 Å². The number of rotatable bonds is 2. The number of carbonyl (C=O) groups excluding carboxylic acids is 1. The molecule has 2 aliphatic rings. The molecule has 3 heterocycles. The Labute approximate surface area is 171 Å². The Hall–Kier alpha value is -2.92. The maximum absolute atomic E-state index is 13.3. The third kappa shape index (κ3) is 3.15. The monoisotopic (exact) mass is 386 g/mol. The van der Waals surface area contributed by atoms with Gasteiger partial charge in [0.15, 0.2) is 0 Å². The van der Waals surface area contributed by atoms with Crippen LogP contribution in [0.25, 0.3) is 22.0 Å². The van der Waals surface area contributed by atoms with Gasteiger partial charge in [-0.25, -0.2) is 0 Å². The molecule has 2 aliphatic heterocycles. The number of hydrogen-bond donors (Lipinski definition) is 1. The molecule has 2 unspecified atom stereocenters. The zero-order chi connectivity index (χ0) is 20.0. The fourth-order valence-corrected chi connectivity index (χ4v) is 4.93. The minimum Gasteiger partial charge on any atom is -0.398 e. The Balaban J connectivity index is 1.48. The Morgan fingerprint density at radius 1 is 1.07 bits per heavy atom. The van der Waals surface area contributed by atoms with Gasteiger partial charge >= 0.3 is 0 Å². The molecule has 29 heavy (non-hydrogen) atoms. The summed E-state index contributed by atoms with van der Waals surface area (Å²) in [6.07, 6.45) is 5.24. The van der Waals surface area contributed by atoms with Crippen molar-refractivity contribution in [1.82, 2.24) is 14.8 Å². The summed E-state index contributed by atoms with van der Waals surface area (Å²) in [6.45, 7) is 1.66. The number of nitrogens with zero attached hydrogens (tertiary/aromatic N) is 3. The van der Waals surface area contributed by atoms with E-state index in [0.29, 0.717) is 17.8 Å². The summed E-state index contributed by atoms with van der Waals surface area (Å²) < 4.78 is 0. The highest BCUT2D eigenvalue weighted by Gasteiger charge is 2.36. The number of amides is 1. The summed E-state index contributed by atoms with van der Waals surface area (Å²) in [6, 6.07) is 16.9. The zero-order valence-corrected chi connectivity index (χ0v) is 16.7. The molecule has 5 nitrogen and oxygen atoms in total. The second kappa shape index (κ2) is 7.16. The maximum Gasteiger partial charge on any atom is 0.253 e. The molecule has 2 fully saturated rings. The Bertz CT molecular complexity index is 1080. The van der Waals surface area contributed by atoms with Crippen LogP contribution in [0.3, 0.4) is 0 Å². The van der Waals surface area contributed by atoms with Gasteiger partial charge in [-0.15, -0.1) is 0 Å². The minimum atomic E-state index is 0.125. The molecule has 2 saturated heterocycles. The molecule has 0 saturated carbocycles. The highest BCUT2D eigenvalue weighted by atomic mass is 16.2. The van der Waals surface area contributed by atoms with Crippen molar-refractivity contribution in [1.29, 1.82) is 0 Å². The van der Waals surface area contributed by atoms with Gasteiger partial charge in [-0.1, -0.05) is 30.3 Å². The second-order valence-electron chi connectivity index (χ2n) is 8.27. The van der Waals surface area contributed by atoms with Crippen LogP contribution in [-0.4, -0.2) is 52.9 Å². The number of anilines is 1. The van der Waals surface area contributed by atoms with E-state index in [1.54, 1.807) is 6.20 Å². The molecule has 0 aliphatic carbocycles. The van der Waals surface area contributed by atoms with Crippen LogP contribution in [0.5, 0.6) is 0 Å². The van der Waals surface area contributed by atoms with Crippen molar-refractivity contribution in [2.24, 2.45) is 0 Å². The summed E-state index contributed by atoms with van der Waals surface area (Å²) >= 11 is 0. The van der Waals surface area contributed by atoms with Gasteiger partial charge in [0.1, 0.15) is 0 Å². The van der Waals surface area contributed by atoms with Gasteiger partial charge in [0.05, 0.1) is 5.52 Å². The number of pyridine rings is 1. The van der Waals surface area contributed by atoms with Crippen LogP contribution in [-0.2, 0) is 0 Å². The number of hydrogen-bond acceptors (Lipinski definition) is 4. The lowest BCUT2D eigenvalue weighted by molar-refractivity contribution is 0.0740. The molecule has 2 N–H and O–H groups in total. The largest absolute Gasteiger partial charge is 0.398 e. The molecule has 2 aromatic carbocycles. The van der Waals surface area contributed by atoms with E-state index in [9.17, 15) is 4.79 Å². The van der Waals surface area contributed by atoms with E-state index < -0.39 is 0 Å². The smallest absolute Gasteiger partial charge is 0.253 e. The van der Waals surface area contributed by atoms with Crippen molar-refractivity contribution >= 4 is 22.5 Å². The standard InChI is InChI=1S/C24H26N4O/c1-27-18-8-9-19(27)15-28(13-11-18)24(29)17-5-2-4-16(14-17)20-6-3-7-21-22(25)10-12-26-23(20)21/h2-7,10,12,14,18-19H,8-9,11,13,15H2,1H3,(H2,25,26). The number of likely N-dealkylation sites (tertiary alicyclic amines) is 1. The number of likely N-dealkylation sites (N-methyl/N-ethyl adjacent to an activating group) is 1. The van der Waals surface area contributed by atoms with Gasteiger partial charge in [-0.05, 0) is 50.1 Å². The summed E-state index contributed by atoms with van der Waals surface area (Å²) in [5, 5.41) is 0.938. The number of carbonyl (C=O) groups is 1. The lowest BCUT2D eigenvalue weighted by atomic mass is 9.99. The van der Waals surface area contributed by atoms with Gasteiger partial charge in [-0.3, -0.25) is 14.7 Å². The number of aromatic nitrogens is 1. The Morgan fingerprint density at radius 2 is 1.90 bits per heavy atom. The fourth-order valence-electron chi connectivity index (χ4n) is 4.93. The van der Waals surface area contributed by atoms with E-state index in [1.165, 1.54) is 12.8 Å². The quantitative estimate of drug-likeness (QED) is 0.728. The lowest BCUT2D eigenvalue weighted by Gasteiger charge is -2.26. The van der Waals surface area contributed by atoms with Gasteiger partial charge in [-0.2, -0.15) is 0 Å². The molecular weight excluding hydrogens is 360 g/mol. The fraction of sp³-hybridized carbons (Fsp3) is 0.333. The number of nitrogens with two attached hydrogens (primary N) is 1. The molecule has 5 heteroatoms. The zero-order valence-electron chi connectivity index (χ0n) is 16.7. The molecule has 1 aromatic heterocycles. The minimum absolute atomic E-state index is 0.125. The maximum atomic E-state index is 13.3. The lowest BCUT2D eigenvalue weighted by Crippen LogP contribution is -2.39. The highest BCUT2D eigenvalue weighted by Crippen LogP contribution is 2.32. The summed E-state index contributed by atoms with van der Waals surface area (Å²) in [4.78, 5) is 22.4. The molecule has 3 aromatic rings. The van der Waals surface area contributed by atoms with Crippen molar-refractivity contribution in [2.75, 3.05) is 25.9 Å². The molecule has 2 bridgehead atoms. The molecule has 0 radical (unpaired) electrons. The summed E-state index contributed by atoms with van der Waals surface area (Å²) in [5.74, 6) is 0.125. The summed E-state index contributed by atoms with van der Waals surface area (Å²) in [5.41, 5.74) is 10.4. The van der Waals surface area contributed by atoms with E-state index in [0.717, 1.165) is 47.1 Å². The molecule has 5 rings (SSSR count). The van der Waals surface area contributed by atoms with Crippen LogP contribution in [0.15, 0.2) is 54.7 Å². The normalized spacial score (nSPS) is 22.0. The second-order valence-corrected chi connectivity index (χ2v) is 8.27. The first-order valence-corrected chi connectivity index (χ1v) is 10.4. The number of nitrogen functional groups attached to an aromatic ring is 1. The van der Waals surface area contributed by atoms with Crippen molar-refractivity contribution in [3.63, 3.8) is 0 Å². The molecular formula is C24H26N4O. The number of para-hydroxylation sites is 1. The average Bonchev–Trinajstić information content (AvgIpc) is 2.99. The Kier molecular flexibility index (Phi) is 4.47. The Morgan fingerprint density at radius 3 is 2.79 bits per heavy atom. The van der Waals surface area contributed by atoms with Crippen LogP contribution in [0.1, 0.15) is 29.6 Å². The molecule has 1 amide bonds. The van der Waals surface area contributed by atoms with Gasteiger partial charge < -0.3 is 10.6 Å². The average molecular weight is 386 g/mol. The van der Waals surface area contributed by atoms with E-state index >= 15 is 0 Å². The molecule has 2 atom stereocenters.